The summed E-state index contributed by atoms with van der Waals surface area (Å²) in [6, 6.07) is 14.5. The van der Waals surface area contributed by atoms with Crippen LogP contribution in [0.25, 0.3) is 11.0 Å². The molecular formula is C22H21ClN2O3. The zero-order valence-corrected chi connectivity index (χ0v) is 16.4. The zero-order valence-electron chi connectivity index (χ0n) is 15.7. The van der Waals surface area contributed by atoms with Crippen molar-refractivity contribution in [1.29, 1.82) is 0 Å². The van der Waals surface area contributed by atoms with Crippen molar-refractivity contribution in [2.75, 3.05) is 26.2 Å². The van der Waals surface area contributed by atoms with Gasteiger partial charge in [-0.25, -0.2) is 4.79 Å². The standard InChI is InChI=1S/C22H21ClN2O3/c1-15-11-20-18(13-19(15)23)17(12-21(26)28-20)14-24-7-9-25(10-8-24)22(27)16-5-3-2-4-6-16/h2-6,11-13H,7-10,14H2,1H3. The molecule has 0 aliphatic carbocycles. The second-order valence-electron chi connectivity index (χ2n) is 7.12. The third-order valence-electron chi connectivity index (χ3n) is 5.18. The van der Waals surface area contributed by atoms with E-state index in [1.54, 1.807) is 6.07 Å². The Hall–Kier alpha value is -2.63. The van der Waals surface area contributed by atoms with E-state index in [-0.39, 0.29) is 11.5 Å². The minimum absolute atomic E-state index is 0.0633. The Morgan fingerprint density at radius 2 is 1.79 bits per heavy atom. The molecule has 1 aliphatic rings. The van der Waals surface area contributed by atoms with Crippen LogP contribution in [0.4, 0.5) is 0 Å². The molecule has 2 aromatic carbocycles. The third-order valence-corrected chi connectivity index (χ3v) is 5.59. The van der Waals surface area contributed by atoms with Crippen LogP contribution in [0.2, 0.25) is 5.02 Å². The Morgan fingerprint density at radius 1 is 1.07 bits per heavy atom. The Kier molecular flexibility index (Phi) is 5.20. The molecule has 28 heavy (non-hydrogen) atoms. The summed E-state index contributed by atoms with van der Waals surface area (Å²) < 4.78 is 5.34. The number of halogens is 1. The lowest BCUT2D eigenvalue weighted by atomic mass is 10.1. The molecule has 0 saturated carbocycles. The predicted octanol–water partition coefficient (Wildman–Crippen LogP) is 3.71. The Labute approximate surface area is 168 Å². The number of hydrogen-bond acceptors (Lipinski definition) is 4. The molecule has 0 N–H and O–H groups in total. The molecule has 1 fully saturated rings. The van der Waals surface area contributed by atoms with Crippen LogP contribution in [0.1, 0.15) is 21.5 Å². The molecule has 2 heterocycles. The fraction of sp³-hybridized carbons (Fsp3) is 0.273. The number of piperazine rings is 1. The number of nitrogens with zero attached hydrogens (tertiary/aromatic N) is 2. The predicted molar refractivity (Wildman–Crippen MR) is 110 cm³/mol. The highest BCUT2D eigenvalue weighted by Gasteiger charge is 2.22. The number of carbonyl (C=O) groups is 1. The Morgan fingerprint density at radius 3 is 2.50 bits per heavy atom. The molecule has 1 aromatic heterocycles. The van der Waals surface area contributed by atoms with Crippen molar-refractivity contribution in [3.63, 3.8) is 0 Å². The van der Waals surface area contributed by atoms with Gasteiger partial charge in [0.05, 0.1) is 0 Å². The summed E-state index contributed by atoms with van der Waals surface area (Å²) in [5.41, 5.74) is 2.69. The topological polar surface area (TPSA) is 53.8 Å². The lowest BCUT2D eigenvalue weighted by Crippen LogP contribution is -2.48. The van der Waals surface area contributed by atoms with Crippen LogP contribution in [0, 0.1) is 6.92 Å². The molecule has 1 aliphatic heterocycles. The number of fused-ring (bicyclic) bond motifs is 1. The molecule has 0 bridgehead atoms. The summed E-state index contributed by atoms with van der Waals surface area (Å²) in [4.78, 5) is 28.7. The van der Waals surface area contributed by atoms with Gasteiger partial charge in [0.1, 0.15) is 5.58 Å². The highest BCUT2D eigenvalue weighted by Crippen LogP contribution is 2.26. The Bertz CT molecular complexity index is 1070. The lowest BCUT2D eigenvalue weighted by Gasteiger charge is -2.35. The van der Waals surface area contributed by atoms with E-state index >= 15 is 0 Å². The summed E-state index contributed by atoms with van der Waals surface area (Å²) >= 11 is 6.28. The van der Waals surface area contributed by atoms with E-state index < -0.39 is 0 Å². The van der Waals surface area contributed by atoms with Crippen LogP contribution in [-0.2, 0) is 6.54 Å². The van der Waals surface area contributed by atoms with Gasteiger partial charge in [0, 0.05) is 54.8 Å². The van der Waals surface area contributed by atoms with Crippen LogP contribution in [0.15, 0.2) is 57.7 Å². The van der Waals surface area contributed by atoms with E-state index in [0.29, 0.717) is 35.8 Å². The van der Waals surface area contributed by atoms with Gasteiger partial charge in [-0.2, -0.15) is 0 Å². The minimum atomic E-state index is -0.359. The molecule has 1 saturated heterocycles. The first-order chi connectivity index (χ1) is 13.5. The van der Waals surface area contributed by atoms with Crippen molar-refractivity contribution < 1.29 is 9.21 Å². The molecule has 6 heteroatoms. The van der Waals surface area contributed by atoms with Crippen LogP contribution < -0.4 is 5.63 Å². The van der Waals surface area contributed by atoms with Crippen molar-refractivity contribution in [3.8, 4) is 0 Å². The van der Waals surface area contributed by atoms with Gasteiger partial charge in [0.2, 0.25) is 0 Å². The highest BCUT2D eigenvalue weighted by molar-refractivity contribution is 6.32. The van der Waals surface area contributed by atoms with Crippen LogP contribution in [-0.4, -0.2) is 41.9 Å². The zero-order chi connectivity index (χ0) is 19.7. The molecule has 144 valence electrons. The van der Waals surface area contributed by atoms with Crippen molar-refractivity contribution in [3.05, 3.63) is 80.7 Å². The first-order valence-corrected chi connectivity index (χ1v) is 9.68. The quantitative estimate of drug-likeness (QED) is 0.633. The van der Waals surface area contributed by atoms with Crippen molar-refractivity contribution >= 4 is 28.5 Å². The van der Waals surface area contributed by atoms with Crippen molar-refractivity contribution in [1.82, 2.24) is 9.80 Å². The summed E-state index contributed by atoms with van der Waals surface area (Å²) in [6.45, 7) is 5.33. The first kappa shape index (κ1) is 18.7. The van der Waals surface area contributed by atoms with Gasteiger partial charge in [-0.3, -0.25) is 9.69 Å². The van der Waals surface area contributed by atoms with Gasteiger partial charge >= 0.3 is 5.63 Å². The van der Waals surface area contributed by atoms with Gasteiger partial charge in [-0.15, -0.1) is 0 Å². The maximum absolute atomic E-state index is 12.6. The second-order valence-corrected chi connectivity index (χ2v) is 7.53. The van der Waals surface area contributed by atoms with Gasteiger partial charge in [-0.1, -0.05) is 29.8 Å². The van der Waals surface area contributed by atoms with Gasteiger partial charge in [0.15, 0.2) is 0 Å². The smallest absolute Gasteiger partial charge is 0.336 e. The summed E-state index contributed by atoms with van der Waals surface area (Å²) in [6.07, 6.45) is 0. The summed E-state index contributed by atoms with van der Waals surface area (Å²) in [5.74, 6) is 0.0633. The lowest BCUT2D eigenvalue weighted by molar-refractivity contribution is 0.0629. The fourth-order valence-electron chi connectivity index (χ4n) is 3.59. The maximum Gasteiger partial charge on any atom is 0.336 e. The molecule has 3 aromatic rings. The molecule has 5 nitrogen and oxygen atoms in total. The summed E-state index contributed by atoms with van der Waals surface area (Å²) in [7, 11) is 0. The van der Waals surface area contributed by atoms with Crippen LogP contribution >= 0.6 is 11.6 Å². The van der Waals surface area contributed by atoms with E-state index in [1.807, 2.05) is 48.2 Å². The molecule has 0 spiro atoms. The number of rotatable bonds is 3. The number of benzene rings is 2. The van der Waals surface area contributed by atoms with Crippen molar-refractivity contribution in [2.24, 2.45) is 0 Å². The average molecular weight is 397 g/mol. The average Bonchev–Trinajstić information content (AvgIpc) is 2.70. The van der Waals surface area contributed by atoms with E-state index in [1.165, 1.54) is 6.07 Å². The van der Waals surface area contributed by atoms with E-state index in [0.717, 1.165) is 29.6 Å². The van der Waals surface area contributed by atoms with E-state index in [9.17, 15) is 9.59 Å². The molecular weight excluding hydrogens is 376 g/mol. The molecule has 4 rings (SSSR count). The highest BCUT2D eigenvalue weighted by atomic mass is 35.5. The number of amides is 1. The van der Waals surface area contributed by atoms with Gasteiger partial charge in [0.25, 0.3) is 5.91 Å². The van der Waals surface area contributed by atoms with Crippen molar-refractivity contribution in [2.45, 2.75) is 13.5 Å². The molecule has 0 radical (unpaired) electrons. The van der Waals surface area contributed by atoms with Crippen LogP contribution in [0.3, 0.4) is 0 Å². The normalized spacial score (nSPS) is 15.1. The molecule has 0 unspecified atom stereocenters. The Balaban J connectivity index is 1.49. The fourth-order valence-corrected chi connectivity index (χ4v) is 3.76. The third kappa shape index (κ3) is 3.81. The molecule has 0 atom stereocenters. The number of carbonyl (C=O) groups excluding carboxylic acids is 1. The van der Waals surface area contributed by atoms with E-state index in [4.69, 9.17) is 16.0 Å². The number of hydrogen-bond donors (Lipinski definition) is 0. The molecule has 1 amide bonds. The SMILES string of the molecule is Cc1cc2oc(=O)cc(CN3CCN(C(=O)c4ccccc4)CC3)c2cc1Cl. The summed E-state index contributed by atoms with van der Waals surface area (Å²) in [5, 5.41) is 1.51. The monoisotopic (exact) mass is 396 g/mol. The maximum atomic E-state index is 12.6. The van der Waals surface area contributed by atoms with Gasteiger partial charge in [-0.05, 0) is 42.3 Å². The minimum Gasteiger partial charge on any atom is -0.423 e. The second kappa shape index (κ2) is 7.78. The first-order valence-electron chi connectivity index (χ1n) is 9.31. The largest absolute Gasteiger partial charge is 0.423 e. The number of aryl methyl sites for hydroxylation is 1. The van der Waals surface area contributed by atoms with Crippen LogP contribution in [0.5, 0.6) is 0 Å². The van der Waals surface area contributed by atoms with Gasteiger partial charge < -0.3 is 9.32 Å². The van der Waals surface area contributed by atoms with E-state index in [2.05, 4.69) is 4.90 Å².